The molecule has 1 N–H and O–H groups in total. The summed E-state index contributed by atoms with van der Waals surface area (Å²) in [5.41, 5.74) is 1.02. The molecule has 5 heteroatoms. The number of hydrogen-bond donors (Lipinski definition) is 1. The fourth-order valence-corrected chi connectivity index (χ4v) is 1.63. The molecule has 0 saturated heterocycles. The van der Waals surface area contributed by atoms with Crippen LogP contribution in [0.3, 0.4) is 0 Å². The van der Waals surface area contributed by atoms with Gasteiger partial charge in [-0.1, -0.05) is 6.08 Å². The van der Waals surface area contributed by atoms with Crippen LogP contribution in [0, 0.1) is 0 Å². The highest BCUT2D eigenvalue weighted by Gasteiger charge is 2.10. The zero-order valence-electron chi connectivity index (χ0n) is 13.0. The minimum atomic E-state index is 0.0771. The molecule has 112 valence electrons. The third-order valence-corrected chi connectivity index (χ3v) is 2.74. The van der Waals surface area contributed by atoms with Crippen LogP contribution < -0.4 is 10.2 Å². The first-order valence-corrected chi connectivity index (χ1v) is 6.88. The van der Waals surface area contributed by atoms with Crippen LogP contribution in [0.1, 0.15) is 26.5 Å². The minimum absolute atomic E-state index is 0.0771. The van der Waals surface area contributed by atoms with Crippen molar-refractivity contribution in [3.8, 4) is 0 Å². The molecular weight excluding hydrogens is 252 g/mol. The Morgan fingerprint density at radius 1 is 1.35 bits per heavy atom. The van der Waals surface area contributed by atoms with E-state index in [0.29, 0.717) is 6.61 Å². The molecule has 0 aliphatic rings. The number of aromatic nitrogens is 2. The van der Waals surface area contributed by atoms with Crippen LogP contribution in [-0.2, 0) is 11.3 Å². The summed E-state index contributed by atoms with van der Waals surface area (Å²) in [6, 6.07) is 4.00. The molecule has 0 atom stereocenters. The Kier molecular flexibility index (Phi) is 6.61. The van der Waals surface area contributed by atoms with E-state index < -0.39 is 0 Å². The van der Waals surface area contributed by atoms with Gasteiger partial charge in [0.05, 0.1) is 12.3 Å². The van der Waals surface area contributed by atoms with E-state index in [1.54, 1.807) is 7.11 Å². The summed E-state index contributed by atoms with van der Waals surface area (Å²) in [6.45, 7) is 13.0. The Labute approximate surface area is 122 Å². The maximum atomic E-state index is 5.11. The molecule has 5 nitrogen and oxygen atoms in total. The Balaban J connectivity index is 2.65. The average molecular weight is 278 g/mol. The van der Waals surface area contributed by atoms with Crippen molar-refractivity contribution in [3.63, 3.8) is 0 Å². The van der Waals surface area contributed by atoms with Gasteiger partial charge in [0.2, 0.25) is 0 Å². The van der Waals surface area contributed by atoms with Crippen molar-refractivity contribution in [1.29, 1.82) is 0 Å². The monoisotopic (exact) mass is 278 g/mol. The predicted molar refractivity (Wildman–Crippen MR) is 82.9 cm³/mol. The predicted octanol–water partition coefficient (Wildman–Crippen LogP) is 2.00. The normalized spacial score (nSPS) is 11.4. The molecule has 0 aliphatic heterocycles. The van der Waals surface area contributed by atoms with E-state index in [-0.39, 0.29) is 5.54 Å². The Morgan fingerprint density at radius 3 is 2.60 bits per heavy atom. The molecule has 1 heterocycles. The fourth-order valence-electron chi connectivity index (χ4n) is 1.63. The van der Waals surface area contributed by atoms with Crippen LogP contribution in [0.15, 0.2) is 24.8 Å². The van der Waals surface area contributed by atoms with E-state index in [9.17, 15) is 0 Å². The molecule has 1 aromatic heterocycles. The van der Waals surface area contributed by atoms with Crippen molar-refractivity contribution >= 4 is 5.82 Å². The highest BCUT2D eigenvalue weighted by molar-refractivity contribution is 5.38. The quantitative estimate of drug-likeness (QED) is 0.737. The first kappa shape index (κ1) is 16.6. The number of rotatable bonds is 8. The van der Waals surface area contributed by atoms with Crippen molar-refractivity contribution in [2.75, 3.05) is 31.7 Å². The van der Waals surface area contributed by atoms with E-state index >= 15 is 0 Å². The van der Waals surface area contributed by atoms with Gasteiger partial charge >= 0.3 is 0 Å². The van der Waals surface area contributed by atoms with Gasteiger partial charge in [-0.3, -0.25) is 0 Å². The lowest BCUT2D eigenvalue weighted by Crippen LogP contribution is -2.35. The van der Waals surface area contributed by atoms with Crippen molar-refractivity contribution in [2.24, 2.45) is 0 Å². The number of methoxy groups -OCH3 is 1. The van der Waals surface area contributed by atoms with Gasteiger partial charge in [0, 0.05) is 32.3 Å². The number of ether oxygens (including phenoxy) is 1. The van der Waals surface area contributed by atoms with Crippen LogP contribution in [-0.4, -0.2) is 42.5 Å². The van der Waals surface area contributed by atoms with Crippen molar-refractivity contribution < 1.29 is 4.74 Å². The van der Waals surface area contributed by atoms with E-state index in [1.807, 2.05) is 18.2 Å². The minimum Gasteiger partial charge on any atom is -0.383 e. The standard InChI is InChI=1S/C15H26N4O/c1-6-9-19(10-11-20-5)14-8-7-13(17-18-14)12-16-15(2,3)4/h6-8,16H,1,9-12H2,2-5H3. The molecule has 0 aliphatic carbocycles. The lowest BCUT2D eigenvalue weighted by Gasteiger charge is -2.22. The molecule has 0 saturated carbocycles. The smallest absolute Gasteiger partial charge is 0.151 e. The van der Waals surface area contributed by atoms with Crippen molar-refractivity contribution in [3.05, 3.63) is 30.5 Å². The maximum Gasteiger partial charge on any atom is 0.151 e. The van der Waals surface area contributed by atoms with Gasteiger partial charge < -0.3 is 15.0 Å². The Hall–Kier alpha value is -1.46. The van der Waals surface area contributed by atoms with Crippen LogP contribution >= 0.6 is 0 Å². The highest BCUT2D eigenvalue weighted by atomic mass is 16.5. The van der Waals surface area contributed by atoms with Crippen LogP contribution in [0.2, 0.25) is 0 Å². The lowest BCUT2D eigenvalue weighted by molar-refractivity contribution is 0.205. The van der Waals surface area contributed by atoms with Gasteiger partial charge in [-0.05, 0) is 32.9 Å². The second-order valence-electron chi connectivity index (χ2n) is 5.71. The summed E-state index contributed by atoms with van der Waals surface area (Å²) in [6.07, 6.45) is 1.85. The van der Waals surface area contributed by atoms with Crippen molar-refractivity contribution in [1.82, 2.24) is 15.5 Å². The molecule has 0 spiro atoms. The molecule has 0 amide bonds. The summed E-state index contributed by atoms with van der Waals surface area (Å²) < 4.78 is 5.11. The average Bonchev–Trinajstić information content (AvgIpc) is 2.41. The van der Waals surface area contributed by atoms with E-state index in [4.69, 9.17) is 4.74 Å². The van der Waals surface area contributed by atoms with Crippen LogP contribution in [0.4, 0.5) is 5.82 Å². The number of nitrogens with one attached hydrogen (secondary N) is 1. The molecular formula is C15H26N4O. The first-order valence-electron chi connectivity index (χ1n) is 6.88. The van der Waals surface area contributed by atoms with Gasteiger partial charge in [0.25, 0.3) is 0 Å². The summed E-state index contributed by atoms with van der Waals surface area (Å²) in [5, 5.41) is 11.9. The maximum absolute atomic E-state index is 5.11. The zero-order chi connectivity index (χ0) is 15.0. The molecule has 1 aromatic rings. The van der Waals surface area contributed by atoms with Crippen LogP contribution in [0.25, 0.3) is 0 Å². The third kappa shape index (κ3) is 6.12. The zero-order valence-corrected chi connectivity index (χ0v) is 13.0. The topological polar surface area (TPSA) is 50.3 Å². The van der Waals surface area contributed by atoms with Gasteiger partial charge in [0.1, 0.15) is 0 Å². The highest BCUT2D eigenvalue weighted by Crippen LogP contribution is 2.10. The molecule has 0 aromatic carbocycles. The summed E-state index contributed by atoms with van der Waals surface area (Å²) in [5.74, 6) is 0.849. The number of hydrogen-bond acceptors (Lipinski definition) is 5. The van der Waals surface area contributed by atoms with Crippen molar-refractivity contribution in [2.45, 2.75) is 32.9 Å². The van der Waals surface area contributed by atoms with Crippen LogP contribution in [0.5, 0.6) is 0 Å². The second-order valence-corrected chi connectivity index (χ2v) is 5.71. The van der Waals surface area contributed by atoms with Gasteiger partial charge in [-0.15, -0.1) is 11.7 Å². The molecule has 20 heavy (non-hydrogen) atoms. The van der Waals surface area contributed by atoms with Gasteiger partial charge in [-0.2, -0.15) is 5.10 Å². The van der Waals surface area contributed by atoms with Gasteiger partial charge in [-0.25, -0.2) is 0 Å². The van der Waals surface area contributed by atoms with Gasteiger partial charge in [0.15, 0.2) is 5.82 Å². The SMILES string of the molecule is C=CCN(CCOC)c1ccc(CNC(C)(C)C)nn1. The van der Waals surface area contributed by atoms with E-state index in [1.165, 1.54) is 0 Å². The molecule has 0 radical (unpaired) electrons. The first-order chi connectivity index (χ1) is 9.46. The number of anilines is 1. The largest absolute Gasteiger partial charge is 0.383 e. The molecule has 0 unspecified atom stereocenters. The Morgan fingerprint density at radius 2 is 2.10 bits per heavy atom. The van der Waals surface area contributed by atoms with E-state index in [0.717, 1.165) is 31.1 Å². The molecule has 0 fully saturated rings. The third-order valence-electron chi connectivity index (χ3n) is 2.74. The summed E-state index contributed by atoms with van der Waals surface area (Å²) in [4.78, 5) is 2.09. The number of nitrogens with zero attached hydrogens (tertiary/aromatic N) is 3. The fraction of sp³-hybridized carbons (Fsp3) is 0.600. The molecule has 1 rings (SSSR count). The molecule has 0 bridgehead atoms. The Bertz CT molecular complexity index is 397. The summed E-state index contributed by atoms with van der Waals surface area (Å²) >= 11 is 0. The second kappa shape index (κ2) is 7.97. The lowest BCUT2D eigenvalue weighted by atomic mass is 10.1. The van der Waals surface area contributed by atoms with E-state index in [2.05, 4.69) is 47.8 Å². The summed E-state index contributed by atoms with van der Waals surface area (Å²) in [7, 11) is 1.69.